The van der Waals surface area contributed by atoms with Crippen LogP contribution >= 0.6 is 0 Å². The molecule has 0 aliphatic carbocycles. The molecule has 0 aliphatic heterocycles. The third-order valence-electron chi connectivity index (χ3n) is 1.46. The van der Waals surface area contributed by atoms with Crippen molar-refractivity contribution in [3.8, 4) is 0 Å². The Balaban J connectivity index is 3.30. The van der Waals surface area contributed by atoms with Crippen LogP contribution in [0.5, 0.6) is 0 Å². The van der Waals surface area contributed by atoms with E-state index in [9.17, 15) is 4.79 Å². The predicted molar refractivity (Wildman–Crippen MR) is 42.1 cm³/mol. The van der Waals surface area contributed by atoms with Crippen molar-refractivity contribution in [3.05, 3.63) is 0 Å². The van der Waals surface area contributed by atoms with Crippen molar-refractivity contribution in [3.63, 3.8) is 0 Å². The van der Waals surface area contributed by atoms with Crippen molar-refractivity contribution in [1.29, 1.82) is 0 Å². The second-order valence-electron chi connectivity index (χ2n) is 2.63. The third-order valence-corrected chi connectivity index (χ3v) is 1.46. The Morgan fingerprint density at radius 2 is 2.27 bits per heavy atom. The summed E-state index contributed by atoms with van der Waals surface area (Å²) in [6, 6.07) is 0. The average Bonchev–Trinajstić information content (AvgIpc) is 2.01. The quantitative estimate of drug-likeness (QED) is 0.609. The van der Waals surface area contributed by atoms with E-state index in [0.717, 1.165) is 0 Å². The zero-order valence-corrected chi connectivity index (χ0v) is 7.17. The van der Waals surface area contributed by atoms with E-state index >= 15 is 0 Å². The highest BCUT2D eigenvalue weighted by Crippen LogP contribution is 2.04. The summed E-state index contributed by atoms with van der Waals surface area (Å²) in [7, 11) is 0. The summed E-state index contributed by atoms with van der Waals surface area (Å²) in [5, 5.41) is 8.63. The van der Waals surface area contributed by atoms with E-state index in [1.165, 1.54) is 0 Å². The van der Waals surface area contributed by atoms with Crippen LogP contribution in [0.25, 0.3) is 0 Å². The van der Waals surface area contributed by atoms with Gasteiger partial charge in [-0.05, 0) is 19.3 Å². The van der Waals surface area contributed by atoms with Crippen LogP contribution in [0.4, 0.5) is 0 Å². The largest absolute Gasteiger partial charge is 0.466 e. The summed E-state index contributed by atoms with van der Waals surface area (Å²) in [4.78, 5) is 10.8. The van der Waals surface area contributed by atoms with E-state index in [0.29, 0.717) is 19.4 Å². The van der Waals surface area contributed by atoms with Crippen molar-refractivity contribution < 1.29 is 14.6 Å². The summed E-state index contributed by atoms with van der Waals surface area (Å²) in [6.07, 6.45) is 1.12. The number of hydrogen-bond donors (Lipinski definition) is 1. The lowest BCUT2D eigenvalue weighted by molar-refractivity contribution is -0.143. The van der Waals surface area contributed by atoms with E-state index < -0.39 is 0 Å². The van der Waals surface area contributed by atoms with E-state index in [-0.39, 0.29) is 18.5 Å². The molecule has 0 aromatic rings. The van der Waals surface area contributed by atoms with Crippen molar-refractivity contribution in [2.45, 2.75) is 26.7 Å². The molecule has 1 atom stereocenters. The van der Waals surface area contributed by atoms with Gasteiger partial charge in [-0.3, -0.25) is 4.79 Å². The molecule has 0 amide bonds. The Bertz CT molecular complexity index is 112. The number of rotatable bonds is 5. The molecular formula is C8H16O3. The van der Waals surface area contributed by atoms with Gasteiger partial charge in [0.05, 0.1) is 6.61 Å². The zero-order chi connectivity index (χ0) is 8.69. The lowest BCUT2D eigenvalue weighted by atomic mass is 10.1. The first-order valence-corrected chi connectivity index (χ1v) is 3.97. The molecule has 0 aromatic carbocycles. The number of aliphatic hydroxyl groups is 1. The lowest BCUT2D eigenvalue weighted by Crippen LogP contribution is -2.08. The molecular weight excluding hydrogens is 144 g/mol. The molecule has 0 bridgehead atoms. The summed E-state index contributed by atoms with van der Waals surface area (Å²) >= 11 is 0. The molecule has 3 heteroatoms. The average molecular weight is 160 g/mol. The number of carbonyl (C=O) groups is 1. The van der Waals surface area contributed by atoms with Gasteiger partial charge in [0.2, 0.25) is 0 Å². The molecule has 0 saturated heterocycles. The van der Waals surface area contributed by atoms with Crippen LogP contribution in [0, 0.1) is 5.92 Å². The number of carbonyl (C=O) groups excluding carboxylic acids is 1. The van der Waals surface area contributed by atoms with Gasteiger partial charge in [0.25, 0.3) is 0 Å². The first kappa shape index (κ1) is 10.4. The van der Waals surface area contributed by atoms with Gasteiger partial charge in [-0.25, -0.2) is 0 Å². The minimum absolute atomic E-state index is 0.138. The maximum absolute atomic E-state index is 10.8. The maximum atomic E-state index is 10.8. The van der Waals surface area contributed by atoms with Crippen LogP contribution in [-0.2, 0) is 9.53 Å². The topological polar surface area (TPSA) is 46.5 Å². The van der Waals surface area contributed by atoms with Crippen LogP contribution in [0.15, 0.2) is 0 Å². The van der Waals surface area contributed by atoms with Gasteiger partial charge in [0.15, 0.2) is 0 Å². The second kappa shape index (κ2) is 6.16. The van der Waals surface area contributed by atoms with Crippen molar-refractivity contribution in [2.24, 2.45) is 5.92 Å². The molecule has 11 heavy (non-hydrogen) atoms. The normalized spacial score (nSPS) is 12.6. The molecule has 0 saturated carbocycles. The minimum atomic E-state index is -0.173. The van der Waals surface area contributed by atoms with Crippen molar-refractivity contribution in [2.75, 3.05) is 13.2 Å². The fraction of sp³-hybridized carbons (Fsp3) is 0.875. The van der Waals surface area contributed by atoms with E-state index in [4.69, 9.17) is 9.84 Å². The summed E-state index contributed by atoms with van der Waals surface area (Å²) in [5.74, 6) is 0.0206. The van der Waals surface area contributed by atoms with Gasteiger partial charge in [-0.15, -0.1) is 0 Å². The molecule has 66 valence electrons. The molecule has 1 unspecified atom stereocenters. The summed E-state index contributed by atoms with van der Waals surface area (Å²) in [5.41, 5.74) is 0. The first-order valence-electron chi connectivity index (χ1n) is 3.97. The minimum Gasteiger partial charge on any atom is -0.466 e. The molecule has 0 heterocycles. The van der Waals surface area contributed by atoms with Gasteiger partial charge < -0.3 is 9.84 Å². The van der Waals surface area contributed by atoms with Gasteiger partial charge in [-0.2, -0.15) is 0 Å². The van der Waals surface area contributed by atoms with E-state index in [1.807, 2.05) is 6.92 Å². The van der Waals surface area contributed by atoms with Gasteiger partial charge in [0, 0.05) is 13.0 Å². The zero-order valence-electron chi connectivity index (χ0n) is 7.17. The molecule has 0 rings (SSSR count). The van der Waals surface area contributed by atoms with Crippen LogP contribution in [0.2, 0.25) is 0 Å². The molecule has 0 aromatic heterocycles. The van der Waals surface area contributed by atoms with Gasteiger partial charge in [0.1, 0.15) is 0 Å². The standard InChI is InChI=1S/C8H16O3/c1-3-11-8(10)5-4-7(2)6-9/h7,9H,3-6H2,1-2H3. The monoisotopic (exact) mass is 160 g/mol. The number of aliphatic hydroxyl groups excluding tert-OH is 1. The van der Waals surface area contributed by atoms with Crippen molar-refractivity contribution in [1.82, 2.24) is 0 Å². The van der Waals surface area contributed by atoms with Gasteiger partial charge in [-0.1, -0.05) is 6.92 Å². The molecule has 0 spiro atoms. The fourth-order valence-electron chi connectivity index (χ4n) is 0.689. The highest BCUT2D eigenvalue weighted by Gasteiger charge is 2.05. The van der Waals surface area contributed by atoms with E-state index in [2.05, 4.69) is 0 Å². The van der Waals surface area contributed by atoms with Crippen LogP contribution in [0.1, 0.15) is 26.7 Å². The Morgan fingerprint density at radius 1 is 1.64 bits per heavy atom. The fourth-order valence-corrected chi connectivity index (χ4v) is 0.689. The summed E-state index contributed by atoms with van der Waals surface area (Å²) in [6.45, 7) is 4.26. The Labute approximate surface area is 67.4 Å². The second-order valence-corrected chi connectivity index (χ2v) is 2.63. The van der Waals surface area contributed by atoms with Crippen LogP contribution in [0.3, 0.4) is 0 Å². The van der Waals surface area contributed by atoms with E-state index in [1.54, 1.807) is 6.92 Å². The highest BCUT2D eigenvalue weighted by molar-refractivity contribution is 5.69. The SMILES string of the molecule is CCOC(=O)CCC(C)CO. The molecule has 0 radical (unpaired) electrons. The molecule has 0 fully saturated rings. The molecule has 0 aliphatic rings. The Kier molecular flexibility index (Phi) is 5.84. The summed E-state index contributed by atoms with van der Waals surface area (Å²) < 4.78 is 4.72. The first-order chi connectivity index (χ1) is 5.20. The number of ether oxygens (including phenoxy) is 1. The molecule has 3 nitrogen and oxygen atoms in total. The lowest BCUT2D eigenvalue weighted by Gasteiger charge is -2.05. The predicted octanol–water partition coefficient (Wildman–Crippen LogP) is 0.958. The number of hydrogen-bond acceptors (Lipinski definition) is 3. The number of esters is 1. The van der Waals surface area contributed by atoms with Gasteiger partial charge >= 0.3 is 5.97 Å². The third kappa shape index (κ3) is 5.85. The molecule has 1 N–H and O–H groups in total. The Morgan fingerprint density at radius 3 is 2.73 bits per heavy atom. The Hall–Kier alpha value is -0.570. The van der Waals surface area contributed by atoms with Crippen molar-refractivity contribution >= 4 is 5.97 Å². The highest BCUT2D eigenvalue weighted by atomic mass is 16.5. The smallest absolute Gasteiger partial charge is 0.305 e. The maximum Gasteiger partial charge on any atom is 0.305 e. The van der Waals surface area contributed by atoms with Crippen LogP contribution < -0.4 is 0 Å². The van der Waals surface area contributed by atoms with Crippen LogP contribution in [-0.4, -0.2) is 24.3 Å².